The average Bonchev–Trinajstić information content (AvgIpc) is 2.93. The van der Waals surface area contributed by atoms with E-state index in [9.17, 15) is 9.59 Å². The first kappa shape index (κ1) is 32.2. The molecule has 0 aliphatic rings. The van der Waals surface area contributed by atoms with Gasteiger partial charge in [-0.1, -0.05) is 96.7 Å². The van der Waals surface area contributed by atoms with E-state index in [-0.39, 0.29) is 29.7 Å². The van der Waals surface area contributed by atoms with Gasteiger partial charge in [0.1, 0.15) is 0 Å². The van der Waals surface area contributed by atoms with E-state index < -0.39 is 0 Å². The minimum atomic E-state index is -0.300. The first-order chi connectivity index (χ1) is 18.6. The molecule has 2 N–H and O–H groups in total. The van der Waals surface area contributed by atoms with Crippen LogP contribution in [0, 0.1) is 17.8 Å². The lowest BCUT2D eigenvalue weighted by molar-refractivity contribution is 0.0755. The van der Waals surface area contributed by atoms with Crippen LogP contribution in [-0.2, 0) is 0 Å². The number of thiocarbonyl (C=S) groups is 1. The van der Waals surface area contributed by atoms with Crippen LogP contribution in [-0.4, -0.2) is 47.4 Å². The first-order valence-electron chi connectivity index (χ1n) is 14.3. The highest BCUT2D eigenvalue weighted by Crippen LogP contribution is 2.27. The van der Waals surface area contributed by atoms with Gasteiger partial charge in [-0.25, -0.2) is 0 Å². The summed E-state index contributed by atoms with van der Waals surface area (Å²) in [5.41, 5.74) is 2.84. The molecule has 212 valence electrons. The fraction of sp³-hybridized carbons (Fsp3) is 0.485. The van der Waals surface area contributed by atoms with Gasteiger partial charge >= 0.3 is 0 Å². The monoisotopic (exact) mass is 549 g/mol. The van der Waals surface area contributed by atoms with E-state index >= 15 is 0 Å². The molecular formula is C33H47N3O2S. The van der Waals surface area contributed by atoms with E-state index in [0.717, 1.165) is 41.9 Å². The van der Waals surface area contributed by atoms with Crippen molar-refractivity contribution in [2.45, 2.75) is 66.8 Å². The van der Waals surface area contributed by atoms with Crippen molar-refractivity contribution < 1.29 is 9.59 Å². The fourth-order valence-electron chi connectivity index (χ4n) is 4.74. The molecule has 0 saturated carbocycles. The predicted octanol–water partition coefficient (Wildman–Crippen LogP) is 7.00. The number of benzene rings is 2. The molecule has 0 bridgehead atoms. The molecule has 3 atom stereocenters. The number of carbonyl (C=O) groups excluding carboxylic acids is 2. The summed E-state index contributed by atoms with van der Waals surface area (Å²) in [5.74, 6) is 0.481. The van der Waals surface area contributed by atoms with Gasteiger partial charge in [-0.2, -0.15) is 0 Å². The molecule has 5 nitrogen and oxygen atoms in total. The molecule has 0 spiro atoms. The molecular weight excluding hydrogens is 502 g/mol. The van der Waals surface area contributed by atoms with Crippen LogP contribution in [0.2, 0.25) is 0 Å². The van der Waals surface area contributed by atoms with Gasteiger partial charge in [0, 0.05) is 36.7 Å². The number of nitrogens with zero attached hydrogens (tertiary/aromatic N) is 1. The lowest BCUT2D eigenvalue weighted by Crippen LogP contribution is -2.42. The van der Waals surface area contributed by atoms with Gasteiger partial charge in [0.15, 0.2) is 0 Å². The Balaban J connectivity index is 2.27. The lowest BCUT2D eigenvalue weighted by Gasteiger charge is -2.30. The van der Waals surface area contributed by atoms with Gasteiger partial charge in [0.25, 0.3) is 11.8 Å². The van der Waals surface area contributed by atoms with Gasteiger partial charge < -0.3 is 15.5 Å². The van der Waals surface area contributed by atoms with Crippen LogP contribution in [0.3, 0.4) is 0 Å². The Kier molecular flexibility index (Phi) is 13.4. The normalized spacial score (nSPS) is 13.3. The minimum Gasteiger partial charge on any atom is -0.379 e. The molecule has 0 radical (unpaired) electrons. The van der Waals surface area contributed by atoms with E-state index in [4.69, 9.17) is 12.2 Å². The highest BCUT2D eigenvalue weighted by atomic mass is 32.1. The zero-order valence-electron chi connectivity index (χ0n) is 24.6. The van der Waals surface area contributed by atoms with Gasteiger partial charge in [-0.15, -0.1) is 0 Å². The summed E-state index contributed by atoms with van der Waals surface area (Å²) in [4.78, 5) is 29.4. The number of nitrogens with one attached hydrogen (secondary N) is 2. The molecule has 0 aliphatic carbocycles. The molecule has 0 fully saturated rings. The number of rotatable bonds is 15. The molecule has 0 unspecified atom stereocenters. The van der Waals surface area contributed by atoms with Gasteiger partial charge in [0.2, 0.25) is 0 Å². The van der Waals surface area contributed by atoms with Crippen molar-refractivity contribution in [2.75, 3.05) is 19.6 Å². The van der Waals surface area contributed by atoms with E-state index in [1.807, 2.05) is 35.2 Å². The molecule has 0 aliphatic heterocycles. The maximum Gasteiger partial charge on any atom is 0.253 e. The Bertz CT molecular complexity index is 1090. The summed E-state index contributed by atoms with van der Waals surface area (Å²) in [6, 6.07) is 16.7. The van der Waals surface area contributed by atoms with Crippen LogP contribution >= 0.6 is 12.2 Å². The minimum absolute atomic E-state index is 0.0387. The summed E-state index contributed by atoms with van der Waals surface area (Å²) in [6.45, 7) is 19.3. The maximum atomic E-state index is 13.6. The molecule has 39 heavy (non-hydrogen) atoms. The van der Waals surface area contributed by atoms with Crippen molar-refractivity contribution in [1.29, 1.82) is 0 Å². The summed E-state index contributed by atoms with van der Waals surface area (Å²) in [5, 5.41) is 6.63. The third kappa shape index (κ3) is 9.92. The standard InChI is InChI=1S/C33H47N3O2S/c1-8-18-36(19-9-2)33(38)29-17-13-16-28(21-29)31(37)35-30(26(7)27-14-11-10-12-15-27)24(5)20-25(6)32(39)34-22-23(3)4/h10-17,21,23-25,30H,7-9,18-20,22H2,1-6H3,(H,34,39)(H,35,37)/t24-,25+,30+/m0/s1. The number of amides is 2. The van der Waals surface area contributed by atoms with E-state index in [2.05, 4.69) is 58.8 Å². The second kappa shape index (κ2) is 16.2. The second-order valence-corrected chi connectivity index (χ2v) is 11.4. The van der Waals surface area contributed by atoms with Crippen molar-refractivity contribution in [2.24, 2.45) is 17.8 Å². The van der Waals surface area contributed by atoms with Crippen LogP contribution < -0.4 is 10.6 Å². The third-order valence-electron chi connectivity index (χ3n) is 6.88. The zero-order chi connectivity index (χ0) is 28.9. The Labute approximate surface area is 241 Å². The Morgan fingerprint density at radius 3 is 2.08 bits per heavy atom. The largest absolute Gasteiger partial charge is 0.379 e. The topological polar surface area (TPSA) is 61.4 Å². The van der Waals surface area contributed by atoms with Gasteiger partial charge in [0.05, 0.1) is 11.0 Å². The number of hydrogen-bond acceptors (Lipinski definition) is 3. The Hall–Kier alpha value is -2.99. The van der Waals surface area contributed by atoms with Crippen molar-refractivity contribution in [1.82, 2.24) is 15.5 Å². The van der Waals surface area contributed by atoms with Crippen LogP contribution in [0.4, 0.5) is 0 Å². The Morgan fingerprint density at radius 2 is 1.49 bits per heavy atom. The van der Waals surface area contributed by atoms with Crippen LogP contribution in [0.1, 0.15) is 87.1 Å². The summed E-state index contributed by atoms with van der Waals surface area (Å²) >= 11 is 5.66. The van der Waals surface area contributed by atoms with Crippen molar-refractivity contribution >= 4 is 34.6 Å². The summed E-state index contributed by atoms with van der Waals surface area (Å²) in [6.07, 6.45) is 2.58. The smallest absolute Gasteiger partial charge is 0.253 e. The first-order valence-corrected chi connectivity index (χ1v) is 14.7. The van der Waals surface area contributed by atoms with E-state index in [1.165, 1.54) is 0 Å². The summed E-state index contributed by atoms with van der Waals surface area (Å²) in [7, 11) is 0. The molecule has 2 aromatic carbocycles. The molecule has 0 saturated heterocycles. The van der Waals surface area contributed by atoms with Gasteiger partial charge in [-0.3, -0.25) is 9.59 Å². The number of carbonyl (C=O) groups is 2. The van der Waals surface area contributed by atoms with Crippen LogP contribution in [0.15, 0.2) is 61.2 Å². The van der Waals surface area contributed by atoms with E-state index in [0.29, 0.717) is 30.1 Å². The Morgan fingerprint density at radius 1 is 0.897 bits per heavy atom. The molecule has 2 amide bonds. The number of hydrogen-bond donors (Lipinski definition) is 2. The maximum absolute atomic E-state index is 13.6. The fourth-order valence-corrected chi connectivity index (χ4v) is 4.92. The molecule has 6 heteroatoms. The van der Waals surface area contributed by atoms with Crippen LogP contribution in [0.5, 0.6) is 0 Å². The summed E-state index contributed by atoms with van der Waals surface area (Å²) < 4.78 is 0. The van der Waals surface area contributed by atoms with Crippen molar-refractivity contribution in [3.8, 4) is 0 Å². The molecule has 2 aromatic rings. The highest BCUT2D eigenvalue weighted by molar-refractivity contribution is 7.80. The van der Waals surface area contributed by atoms with Crippen molar-refractivity contribution in [3.05, 3.63) is 77.9 Å². The highest BCUT2D eigenvalue weighted by Gasteiger charge is 2.27. The SMILES string of the molecule is C=C(c1ccccc1)[C@H](NC(=O)c1cccc(C(=O)N(CCC)CCC)c1)[C@@H](C)C[C@@H](C)C(=S)NCC(C)C. The predicted molar refractivity (Wildman–Crippen MR) is 168 cm³/mol. The zero-order valence-corrected chi connectivity index (χ0v) is 25.4. The quantitative estimate of drug-likeness (QED) is 0.235. The second-order valence-electron chi connectivity index (χ2n) is 11.0. The molecule has 0 heterocycles. The van der Waals surface area contributed by atoms with E-state index in [1.54, 1.807) is 24.3 Å². The van der Waals surface area contributed by atoms with Gasteiger partial charge in [-0.05, 0) is 60.4 Å². The third-order valence-corrected chi connectivity index (χ3v) is 7.43. The van der Waals surface area contributed by atoms with Crippen molar-refractivity contribution in [3.63, 3.8) is 0 Å². The van der Waals surface area contributed by atoms with Crippen LogP contribution in [0.25, 0.3) is 5.57 Å². The molecule has 0 aromatic heterocycles. The lowest BCUT2D eigenvalue weighted by atomic mass is 9.84. The average molecular weight is 550 g/mol. The molecule has 2 rings (SSSR count).